The number of nitrogens with zero attached hydrogens (tertiary/aromatic N) is 1. The molecule has 106 valence electrons. The number of ether oxygens (including phenoxy) is 1. The van der Waals surface area contributed by atoms with Gasteiger partial charge < -0.3 is 4.74 Å². The van der Waals surface area contributed by atoms with Crippen LogP contribution >= 0.6 is 0 Å². The molecule has 0 spiro atoms. The van der Waals surface area contributed by atoms with E-state index in [1.807, 2.05) is 30.3 Å². The number of methoxy groups -OCH3 is 1. The molecule has 0 saturated carbocycles. The Morgan fingerprint density at radius 1 is 1.15 bits per heavy atom. The van der Waals surface area contributed by atoms with E-state index >= 15 is 0 Å². The molecular weight excluding hydrogens is 278 g/mol. The normalized spacial score (nSPS) is 11.1. The van der Waals surface area contributed by atoms with Crippen LogP contribution in [0.5, 0.6) is 5.88 Å². The van der Waals surface area contributed by atoms with E-state index in [-0.39, 0.29) is 18.1 Å². The molecule has 1 aromatic heterocycles. The first-order valence-electron chi connectivity index (χ1n) is 5.91. The molecular formula is C13H15N3O3S. The summed E-state index contributed by atoms with van der Waals surface area (Å²) in [6.07, 6.45) is 1.52. The van der Waals surface area contributed by atoms with Crippen LogP contribution < -0.4 is 14.2 Å². The summed E-state index contributed by atoms with van der Waals surface area (Å²) in [5.41, 5.74) is 1.16. The second kappa shape index (κ2) is 6.36. The summed E-state index contributed by atoms with van der Waals surface area (Å²) < 4.78 is 33.7. The van der Waals surface area contributed by atoms with E-state index in [2.05, 4.69) is 14.4 Å². The zero-order valence-electron chi connectivity index (χ0n) is 10.9. The van der Waals surface area contributed by atoms with Gasteiger partial charge in [-0.1, -0.05) is 30.3 Å². The monoisotopic (exact) mass is 293 g/mol. The quantitative estimate of drug-likeness (QED) is 0.846. The minimum absolute atomic E-state index is 0.207. The van der Waals surface area contributed by atoms with E-state index < -0.39 is 10.2 Å². The molecule has 1 aromatic carbocycles. The molecule has 0 aliphatic carbocycles. The largest absolute Gasteiger partial charge is 0.480 e. The smallest absolute Gasteiger partial charge is 0.299 e. The van der Waals surface area contributed by atoms with Crippen LogP contribution in [0, 0.1) is 0 Å². The summed E-state index contributed by atoms with van der Waals surface area (Å²) in [7, 11) is -2.26. The average Bonchev–Trinajstić information content (AvgIpc) is 2.47. The van der Waals surface area contributed by atoms with Gasteiger partial charge in [-0.25, -0.2) is 4.98 Å². The van der Waals surface area contributed by atoms with Crippen molar-refractivity contribution in [2.75, 3.05) is 11.8 Å². The van der Waals surface area contributed by atoms with Crippen LogP contribution in [0.1, 0.15) is 5.56 Å². The molecule has 0 fully saturated rings. The van der Waals surface area contributed by atoms with Crippen molar-refractivity contribution in [3.63, 3.8) is 0 Å². The van der Waals surface area contributed by atoms with Gasteiger partial charge in [-0.2, -0.15) is 13.1 Å². The van der Waals surface area contributed by atoms with Crippen LogP contribution in [0.3, 0.4) is 0 Å². The van der Waals surface area contributed by atoms with Crippen LogP contribution in [0.2, 0.25) is 0 Å². The first-order chi connectivity index (χ1) is 9.61. The molecule has 2 aromatic rings. The summed E-state index contributed by atoms with van der Waals surface area (Å²) in [6, 6.07) is 12.4. The first-order valence-corrected chi connectivity index (χ1v) is 7.39. The van der Waals surface area contributed by atoms with Crippen molar-refractivity contribution in [2.24, 2.45) is 0 Å². The Morgan fingerprint density at radius 3 is 2.60 bits per heavy atom. The van der Waals surface area contributed by atoms with Gasteiger partial charge in [0.1, 0.15) is 5.69 Å². The molecule has 0 aliphatic heterocycles. The number of benzene rings is 1. The first kappa shape index (κ1) is 14.3. The van der Waals surface area contributed by atoms with E-state index in [1.54, 1.807) is 12.1 Å². The molecule has 6 nitrogen and oxygen atoms in total. The number of hydrogen-bond donors (Lipinski definition) is 2. The third-order valence-corrected chi connectivity index (χ3v) is 3.53. The van der Waals surface area contributed by atoms with Gasteiger partial charge in [0.15, 0.2) is 0 Å². The van der Waals surface area contributed by atoms with Gasteiger partial charge in [0.25, 0.3) is 10.2 Å². The topological polar surface area (TPSA) is 80.3 Å². The summed E-state index contributed by atoms with van der Waals surface area (Å²) in [6.45, 7) is 0.207. The fourth-order valence-electron chi connectivity index (χ4n) is 1.59. The highest BCUT2D eigenvalue weighted by atomic mass is 32.2. The summed E-state index contributed by atoms with van der Waals surface area (Å²) in [4.78, 5) is 3.92. The van der Waals surface area contributed by atoms with Crippen LogP contribution in [0.15, 0.2) is 48.7 Å². The van der Waals surface area contributed by atoms with Crippen LogP contribution in [-0.2, 0) is 16.8 Å². The molecule has 0 unspecified atom stereocenters. The maximum Gasteiger partial charge on any atom is 0.299 e. The van der Waals surface area contributed by atoms with Crippen molar-refractivity contribution in [3.8, 4) is 5.88 Å². The number of hydrogen-bond acceptors (Lipinski definition) is 4. The van der Waals surface area contributed by atoms with Crippen molar-refractivity contribution in [3.05, 3.63) is 54.2 Å². The fourth-order valence-corrected chi connectivity index (χ4v) is 2.46. The summed E-state index contributed by atoms with van der Waals surface area (Å²) in [5.74, 6) is 0.220. The van der Waals surface area contributed by atoms with Crippen LogP contribution in [0.4, 0.5) is 5.69 Å². The van der Waals surface area contributed by atoms with Gasteiger partial charge in [-0.05, 0) is 17.7 Å². The van der Waals surface area contributed by atoms with Crippen molar-refractivity contribution in [1.82, 2.24) is 9.71 Å². The minimum atomic E-state index is -3.69. The van der Waals surface area contributed by atoms with E-state index in [9.17, 15) is 8.42 Å². The lowest BCUT2D eigenvalue weighted by atomic mass is 10.2. The van der Waals surface area contributed by atoms with Crippen molar-refractivity contribution in [2.45, 2.75) is 6.54 Å². The van der Waals surface area contributed by atoms with Crippen molar-refractivity contribution < 1.29 is 13.2 Å². The zero-order chi connectivity index (χ0) is 14.4. The Kier molecular flexibility index (Phi) is 4.54. The van der Waals surface area contributed by atoms with Crippen molar-refractivity contribution >= 4 is 15.9 Å². The summed E-state index contributed by atoms with van der Waals surface area (Å²) >= 11 is 0. The molecule has 20 heavy (non-hydrogen) atoms. The second-order valence-corrected chi connectivity index (χ2v) is 5.47. The molecule has 0 radical (unpaired) electrons. The minimum Gasteiger partial charge on any atom is -0.480 e. The molecule has 2 N–H and O–H groups in total. The number of nitrogens with one attached hydrogen (secondary N) is 2. The Hall–Kier alpha value is -2.12. The Morgan fingerprint density at radius 2 is 1.90 bits per heavy atom. The molecule has 7 heteroatoms. The molecule has 1 heterocycles. The Balaban J connectivity index is 2.04. The Labute approximate surface area is 118 Å². The highest BCUT2D eigenvalue weighted by Crippen LogP contribution is 2.20. The maximum absolute atomic E-state index is 11.9. The number of aromatic nitrogens is 1. The molecule has 2 rings (SSSR count). The van der Waals surface area contributed by atoms with E-state index in [1.165, 1.54) is 13.3 Å². The second-order valence-electron chi connectivity index (χ2n) is 3.97. The number of anilines is 1. The maximum atomic E-state index is 11.9. The highest BCUT2D eigenvalue weighted by molar-refractivity contribution is 7.90. The van der Waals surface area contributed by atoms with Crippen molar-refractivity contribution in [1.29, 1.82) is 0 Å². The van der Waals surface area contributed by atoms with Crippen LogP contribution in [-0.4, -0.2) is 20.5 Å². The van der Waals surface area contributed by atoms with Gasteiger partial charge in [0.05, 0.1) is 7.11 Å². The molecule has 0 bridgehead atoms. The molecule has 0 amide bonds. The average molecular weight is 293 g/mol. The molecule has 0 atom stereocenters. The third kappa shape index (κ3) is 3.94. The number of rotatable bonds is 6. The predicted molar refractivity (Wildman–Crippen MR) is 76.6 cm³/mol. The van der Waals surface area contributed by atoms with E-state index in [0.29, 0.717) is 0 Å². The summed E-state index contributed by atoms with van der Waals surface area (Å²) in [5, 5.41) is 0. The van der Waals surface area contributed by atoms with Crippen LogP contribution in [0.25, 0.3) is 0 Å². The lowest BCUT2D eigenvalue weighted by molar-refractivity contribution is 0.400. The molecule has 0 aliphatic rings. The van der Waals surface area contributed by atoms with Gasteiger partial charge in [-0.3, -0.25) is 4.72 Å². The van der Waals surface area contributed by atoms with Gasteiger partial charge in [-0.15, -0.1) is 0 Å². The SMILES string of the molecule is COc1ncccc1NS(=O)(=O)NCc1ccccc1. The lowest BCUT2D eigenvalue weighted by Crippen LogP contribution is -2.29. The van der Waals surface area contributed by atoms with E-state index in [0.717, 1.165) is 5.56 Å². The predicted octanol–water partition coefficient (Wildman–Crippen LogP) is 1.54. The van der Waals surface area contributed by atoms with Gasteiger partial charge in [0, 0.05) is 12.7 Å². The fraction of sp³-hybridized carbons (Fsp3) is 0.154. The van der Waals surface area contributed by atoms with Gasteiger partial charge in [0.2, 0.25) is 5.88 Å². The Bertz CT molecular complexity index is 660. The highest BCUT2D eigenvalue weighted by Gasteiger charge is 2.13. The number of pyridine rings is 1. The lowest BCUT2D eigenvalue weighted by Gasteiger charge is -2.11. The standard InChI is InChI=1S/C13H15N3O3S/c1-19-13-12(8-5-9-14-13)16-20(17,18)15-10-11-6-3-2-4-7-11/h2-9,15-16H,10H2,1H3. The molecule has 0 saturated heterocycles. The zero-order valence-corrected chi connectivity index (χ0v) is 11.7. The van der Waals surface area contributed by atoms with Gasteiger partial charge >= 0.3 is 0 Å². The third-order valence-electron chi connectivity index (χ3n) is 2.52. The van der Waals surface area contributed by atoms with E-state index in [4.69, 9.17) is 4.74 Å².